The van der Waals surface area contributed by atoms with Gasteiger partial charge in [-0.3, -0.25) is 5.32 Å². The maximum atomic E-state index is 6.61. The molecule has 0 aromatic heterocycles. The van der Waals surface area contributed by atoms with Crippen LogP contribution in [-0.4, -0.2) is 36.5 Å². The minimum absolute atomic E-state index is 0.0742. The van der Waals surface area contributed by atoms with E-state index in [1.807, 2.05) is 37.3 Å². The minimum atomic E-state index is -0.812. The number of hydrogen-bond donors (Lipinski definition) is 2. The molecule has 1 unspecified atom stereocenters. The zero-order valence-electron chi connectivity index (χ0n) is 16.7. The molecule has 2 fully saturated rings. The molecule has 1 spiro atoms. The fraction of sp³-hybridized carbons (Fsp3) is 0.391. The van der Waals surface area contributed by atoms with Crippen molar-refractivity contribution in [2.45, 2.75) is 37.2 Å². The third-order valence-corrected chi connectivity index (χ3v) is 6.93. The highest BCUT2D eigenvalue weighted by molar-refractivity contribution is 6.41. The van der Waals surface area contributed by atoms with Crippen molar-refractivity contribution in [3.8, 4) is 16.9 Å². The van der Waals surface area contributed by atoms with E-state index in [1.165, 1.54) is 0 Å². The molecule has 2 aromatic carbocycles. The van der Waals surface area contributed by atoms with Crippen LogP contribution in [0.3, 0.4) is 0 Å². The van der Waals surface area contributed by atoms with Crippen LogP contribution in [0, 0.1) is 5.92 Å². The van der Waals surface area contributed by atoms with Crippen LogP contribution in [0.25, 0.3) is 11.1 Å². The molecule has 3 N–H and O–H groups in total. The van der Waals surface area contributed by atoms with Crippen molar-refractivity contribution in [2.75, 3.05) is 13.2 Å². The molecular formula is C23H23ClN4O2. The van der Waals surface area contributed by atoms with Gasteiger partial charge in [0, 0.05) is 23.1 Å². The zero-order valence-corrected chi connectivity index (χ0v) is 17.4. The van der Waals surface area contributed by atoms with E-state index in [4.69, 9.17) is 36.8 Å². The number of aliphatic imine (C=N–C) groups is 2. The number of fused-ring (bicyclic) bond motifs is 4. The monoisotopic (exact) mass is 422 g/mol. The predicted octanol–water partition coefficient (Wildman–Crippen LogP) is 3.48. The quantitative estimate of drug-likeness (QED) is 0.725. The van der Waals surface area contributed by atoms with Crippen molar-refractivity contribution in [2.24, 2.45) is 21.6 Å². The largest absolute Gasteiger partial charge is 0.470 e. The number of nitrogens with one attached hydrogen (secondary N) is 1. The van der Waals surface area contributed by atoms with Crippen molar-refractivity contribution < 1.29 is 9.47 Å². The average molecular weight is 423 g/mol. The Hall–Kier alpha value is -2.41. The summed E-state index contributed by atoms with van der Waals surface area (Å²) in [5.74, 6) is 1.53. The van der Waals surface area contributed by atoms with E-state index in [1.54, 1.807) is 0 Å². The number of nitrogens with two attached hydrogens (primary N) is 1. The number of hydrogen-bond acceptors (Lipinski definition) is 6. The van der Waals surface area contributed by atoms with E-state index in [9.17, 15) is 0 Å². The molecule has 6 nitrogen and oxygen atoms in total. The summed E-state index contributed by atoms with van der Waals surface area (Å²) in [6, 6.07) is 13.9. The van der Waals surface area contributed by atoms with Gasteiger partial charge >= 0.3 is 0 Å². The molecule has 4 aliphatic rings. The summed E-state index contributed by atoms with van der Waals surface area (Å²) in [6.45, 7) is 3.40. The van der Waals surface area contributed by atoms with Gasteiger partial charge in [-0.25, -0.2) is 9.98 Å². The third kappa shape index (κ3) is 2.51. The Morgan fingerprint density at radius 3 is 2.77 bits per heavy atom. The van der Waals surface area contributed by atoms with Gasteiger partial charge in [0.2, 0.25) is 5.66 Å². The smallest absolute Gasteiger partial charge is 0.202 e. The van der Waals surface area contributed by atoms with Crippen LogP contribution >= 0.6 is 11.6 Å². The number of rotatable bonds is 2. The molecule has 0 saturated carbocycles. The molecule has 4 atom stereocenters. The first-order chi connectivity index (χ1) is 14.5. The predicted molar refractivity (Wildman–Crippen MR) is 117 cm³/mol. The zero-order chi connectivity index (χ0) is 20.5. The molecule has 0 bridgehead atoms. The molecule has 4 aliphatic heterocycles. The summed E-state index contributed by atoms with van der Waals surface area (Å²) in [5, 5.41) is 4.31. The Kier molecular flexibility index (Phi) is 3.85. The van der Waals surface area contributed by atoms with Gasteiger partial charge in [0.1, 0.15) is 17.6 Å². The van der Waals surface area contributed by atoms with Crippen LogP contribution in [0.2, 0.25) is 5.02 Å². The number of benzene rings is 2. The number of nitrogens with zero attached hydrogens (tertiary/aromatic N) is 2. The van der Waals surface area contributed by atoms with Gasteiger partial charge in [-0.2, -0.15) is 0 Å². The van der Waals surface area contributed by atoms with Gasteiger partial charge < -0.3 is 15.2 Å². The molecule has 0 radical (unpaired) electrons. The molecule has 30 heavy (non-hydrogen) atoms. The molecule has 2 saturated heterocycles. The van der Waals surface area contributed by atoms with E-state index < -0.39 is 11.4 Å². The van der Waals surface area contributed by atoms with Crippen LogP contribution < -0.4 is 15.8 Å². The number of amidine groups is 1. The van der Waals surface area contributed by atoms with E-state index in [2.05, 4.69) is 17.4 Å². The lowest BCUT2D eigenvalue weighted by atomic mass is 9.83. The maximum absolute atomic E-state index is 6.61. The molecule has 0 aliphatic carbocycles. The second kappa shape index (κ2) is 6.30. The molecule has 0 amide bonds. The average Bonchev–Trinajstić information content (AvgIpc) is 3.43. The summed E-state index contributed by atoms with van der Waals surface area (Å²) in [7, 11) is 0. The second-order valence-corrected chi connectivity index (χ2v) is 8.96. The van der Waals surface area contributed by atoms with E-state index in [0.29, 0.717) is 17.5 Å². The molecule has 6 rings (SSSR count). The summed E-state index contributed by atoms with van der Waals surface area (Å²) in [5.41, 5.74) is 8.68. The van der Waals surface area contributed by atoms with Crippen molar-refractivity contribution >= 4 is 23.1 Å². The molecule has 2 aromatic rings. The van der Waals surface area contributed by atoms with Crippen molar-refractivity contribution in [1.82, 2.24) is 5.32 Å². The first-order valence-electron chi connectivity index (χ1n) is 10.4. The Bertz CT molecular complexity index is 1090. The first kappa shape index (κ1) is 18.4. The highest BCUT2D eigenvalue weighted by Gasteiger charge is 2.74. The standard InChI is InChI=1S/C23H23ClN4O2/c1-13-20(25)27-22(26-13)18-11-15(14-4-2-6-17(24)10-14)7-8-19(18)30-23(21(22)28-23)16-5-3-9-29-12-16/h2,4,6-8,10-11,16,21,28H,3,5,9,12H2,1H3,(H2,25,27)/t16-,21?,22-,23-/m0/s1. The Morgan fingerprint density at radius 1 is 1.17 bits per heavy atom. The highest BCUT2D eigenvalue weighted by Crippen LogP contribution is 2.58. The van der Waals surface area contributed by atoms with Gasteiger partial charge in [-0.15, -0.1) is 0 Å². The fourth-order valence-electron chi connectivity index (χ4n) is 5.13. The number of halogens is 1. The lowest BCUT2D eigenvalue weighted by Gasteiger charge is -2.38. The Labute approximate surface area is 180 Å². The minimum Gasteiger partial charge on any atom is -0.470 e. The topological polar surface area (TPSA) is 91.1 Å². The Morgan fingerprint density at radius 2 is 2.03 bits per heavy atom. The number of ether oxygens (including phenoxy) is 2. The Balaban J connectivity index is 1.50. The molecule has 154 valence electrons. The van der Waals surface area contributed by atoms with Crippen molar-refractivity contribution in [3.05, 3.63) is 53.1 Å². The summed E-state index contributed by atoms with van der Waals surface area (Å²) in [6.07, 6.45) is 2.09. The van der Waals surface area contributed by atoms with Crippen molar-refractivity contribution in [1.29, 1.82) is 0 Å². The summed E-state index contributed by atoms with van der Waals surface area (Å²) in [4.78, 5) is 9.89. The molecule has 4 heterocycles. The summed E-state index contributed by atoms with van der Waals surface area (Å²) >= 11 is 6.22. The third-order valence-electron chi connectivity index (χ3n) is 6.70. The van der Waals surface area contributed by atoms with Gasteiger partial charge in [0.25, 0.3) is 0 Å². The first-order valence-corrected chi connectivity index (χ1v) is 10.8. The lowest BCUT2D eigenvalue weighted by molar-refractivity contribution is -0.0255. The van der Waals surface area contributed by atoms with E-state index in [0.717, 1.165) is 47.6 Å². The van der Waals surface area contributed by atoms with E-state index >= 15 is 0 Å². The van der Waals surface area contributed by atoms with E-state index in [-0.39, 0.29) is 12.0 Å². The second-order valence-electron chi connectivity index (χ2n) is 8.53. The van der Waals surface area contributed by atoms with Crippen molar-refractivity contribution in [3.63, 3.8) is 0 Å². The van der Waals surface area contributed by atoms with Crippen LogP contribution in [0.15, 0.2) is 52.4 Å². The SMILES string of the molecule is CC1=N[C@]2(N=C1N)c1cc(-c3cccc(Cl)c3)ccc1O[C@]1([C@H]3CCCOC3)NC21. The van der Waals surface area contributed by atoms with Crippen LogP contribution in [0.4, 0.5) is 0 Å². The van der Waals surface area contributed by atoms with Crippen LogP contribution in [0.5, 0.6) is 5.75 Å². The van der Waals surface area contributed by atoms with Gasteiger partial charge in [-0.1, -0.05) is 29.8 Å². The fourth-order valence-corrected chi connectivity index (χ4v) is 5.32. The van der Waals surface area contributed by atoms with Gasteiger partial charge in [-0.05, 0) is 55.2 Å². The van der Waals surface area contributed by atoms with Gasteiger partial charge in [0.05, 0.1) is 12.3 Å². The molecular weight excluding hydrogens is 400 g/mol. The normalized spacial score (nSPS) is 33.9. The van der Waals surface area contributed by atoms with Gasteiger partial charge in [0.15, 0.2) is 5.72 Å². The lowest BCUT2D eigenvalue weighted by Crippen LogP contribution is -2.47. The maximum Gasteiger partial charge on any atom is 0.202 e. The van der Waals surface area contributed by atoms with Crippen LogP contribution in [-0.2, 0) is 10.4 Å². The highest BCUT2D eigenvalue weighted by atomic mass is 35.5. The summed E-state index contributed by atoms with van der Waals surface area (Å²) < 4.78 is 12.4. The molecule has 7 heteroatoms. The van der Waals surface area contributed by atoms with Crippen LogP contribution in [0.1, 0.15) is 25.3 Å².